The molecule has 180 valence electrons. The average molecular weight is 477 g/mol. The van der Waals surface area contributed by atoms with Crippen molar-refractivity contribution >= 4 is 17.5 Å². The Morgan fingerprint density at radius 1 is 1.17 bits per heavy atom. The summed E-state index contributed by atoms with van der Waals surface area (Å²) in [5.41, 5.74) is 1.24. The Balaban J connectivity index is 1.14. The van der Waals surface area contributed by atoms with Crippen molar-refractivity contribution in [1.29, 1.82) is 0 Å². The van der Waals surface area contributed by atoms with E-state index in [0.717, 1.165) is 5.57 Å². The number of nitro benzene ring substituents is 1. The molecule has 1 unspecified atom stereocenters. The zero-order valence-corrected chi connectivity index (χ0v) is 18.7. The van der Waals surface area contributed by atoms with Crippen molar-refractivity contribution in [3.63, 3.8) is 0 Å². The van der Waals surface area contributed by atoms with E-state index in [2.05, 4.69) is 31.0 Å². The minimum atomic E-state index is -0.485. The predicted octanol–water partition coefficient (Wildman–Crippen LogP) is 3.01. The van der Waals surface area contributed by atoms with Gasteiger partial charge >= 0.3 is 0 Å². The number of fused-ring (bicyclic) bond motifs is 1. The largest absolute Gasteiger partial charge is 0.368 e. The number of allylic oxidation sites excluding steroid dienone is 3. The van der Waals surface area contributed by atoms with Crippen LogP contribution in [0.15, 0.2) is 74.7 Å². The molecule has 0 saturated carbocycles. The second-order valence-corrected chi connectivity index (χ2v) is 7.87. The number of hydrogen-bond donors (Lipinski definition) is 2. The molecule has 2 heterocycles. The van der Waals surface area contributed by atoms with E-state index in [1.165, 1.54) is 12.1 Å². The lowest BCUT2D eigenvalue weighted by atomic mass is 9.93. The SMILES string of the molecule is O=C(CCCc1nc(-c2cccc([N+](=O)[O-])c2)no1)NCCCNC1=C2C=CC=CC2C(=O)N=N1. The van der Waals surface area contributed by atoms with Gasteiger partial charge in [-0.3, -0.25) is 19.7 Å². The van der Waals surface area contributed by atoms with Gasteiger partial charge in [-0.1, -0.05) is 41.6 Å². The summed E-state index contributed by atoms with van der Waals surface area (Å²) < 4.78 is 5.19. The number of rotatable bonds is 11. The van der Waals surface area contributed by atoms with Crippen molar-refractivity contribution in [3.05, 3.63) is 76.0 Å². The van der Waals surface area contributed by atoms with Gasteiger partial charge in [0.2, 0.25) is 17.6 Å². The topological polar surface area (TPSA) is 165 Å². The number of nitrogens with zero attached hydrogens (tertiary/aromatic N) is 5. The number of aromatic nitrogens is 2. The van der Waals surface area contributed by atoms with Gasteiger partial charge in [0, 0.05) is 49.2 Å². The van der Waals surface area contributed by atoms with Crippen molar-refractivity contribution in [3.8, 4) is 11.4 Å². The average Bonchev–Trinajstić information content (AvgIpc) is 3.34. The van der Waals surface area contributed by atoms with Crippen LogP contribution in [0.3, 0.4) is 0 Å². The maximum Gasteiger partial charge on any atom is 0.276 e. The normalized spacial score (nSPS) is 16.3. The lowest BCUT2D eigenvalue weighted by molar-refractivity contribution is -0.384. The maximum absolute atomic E-state index is 12.1. The van der Waals surface area contributed by atoms with Crippen molar-refractivity contribution in [2.24, 2.45) is 16.1 Å². The van der Waals surface area contributed by atoms with E-state index in [9.17, 15) is 19.7 Å². The summed E-state index contributed by atoms with van der Waals surface area (Å²) in [7, 11) is 0. The summed E-state index contributed by atoms with van der Waals surface area (Å²) in [5.74, 6) is 0.451. The number of benzene rings is 1. The van der Waals surface area contributed by atoms with Crippen LogP contribution < -0.4 is 10.6 Å². The quantitative estimate of drug-likeness (QED) is 0.283. The van der Waals surface area contributed by atoms with Gasteiger partial charge in [0.15, 0.2) is 5.82 Å². The molecule has 12 heteroatoms. The predicted molar refractivity (Wildman–Crippen MR) is 124 cm³/mol. The molecule has 0 spiro atoms. The number of nitro groups is 1. The third-order valence-corrected chi connectivity index (χ3v) is 5.36. The zero-order chi connectivity index (χ0) is 24.6. The van der Waals surface area contributed by atoms with Gasteiger partial charge in [-0.15, -0.1) is 10.2 Å². The molecule has 1 aromatic carbocycles. The number of azo groups is 1. The second-order valence-electron chi connectivity index (χ2n) is 7.87. The Hall–Kier alpha value is -4.48. The molecule has 2 N–H and O–H groups in total. The molecule has 1 aliphatic heterocycles. The van der Waals surface area contributed by atoms with Crippen LogP contribution in [-0.2, 0) is 16.0 Å². The van der Waals surface area contributed by atoms with Crippen LogP contribution in [0.25, 0.3) is 11.4 Å². The highest BCUT2D eigenvalue weighted by atomic mass is 16.6. The van der Waals surface area contributed by atoms with Gasteiger partial charge in [0.05, 0.1) is 10.8 Å². The number of aryl methyl sites for hydroxylation is 1. The first-order valence-electron chi connectivity index (χ1n) is 11.1. The molecule has 0 radical (unpaired) electrons. The molecule has 1 atom stereocenters. The molecular weight excluding hydrogens is 454 g/mol. The summed E-state index contributed by atoms with van der Waals surface area (Å²) in [4.78, 5) is 38.6. The molecular formula is C23H23N7O5. The summed E-state index contributed by atoms with van der Waals surface area (Å²) >= 11 is 0. The van der Waals surface area contributed by atoms with Gasteiger partial charge in [-0.25, -0.2) is 0 Å². The molecule has 12 nitrogen and oxygen atoms in total. The molecule has 2 amide bonds. The van der Waals surface area contributed by atoms with E-state index in [0.29, 0.717) is 56.0 Å². The number of hydrogen-bond acceptors (Lipinski definition) is 9. The minimum absolute atomic E-state index is 0.0523. The number of non-ortho nitro benzene ring substituents is 1. The Labute approximate surface area is 200 Å². The molecule has 0 fully saturated rings. The lowest BCUT2D eigenvalue weighted by Gasteiger charge is -2.20. The Kier molecular flexibility index (Phi) is 7.50. The Morgan fingerprint density at radius 3 is 2.91 bits per heavy atom. The molecule has 1 aliphatic carbocycles. The van der Waals surface area contributed by atoms with Gasteiger partial charge < -0.3 is 15.2 Å². The van der Waals surface area contributed by atoms with Crippen molar-refractivity contribution in [2.45, 2.75) is 25.7 Å². The van der Waals surface area contributed by atoms with Crippen LogP contribution in [0.2, 0.25) is 0 Å². The summed E-state index contributed by atoms with van der Waals surface area (Å²) in [5, 5.41) is 28.4. The van der Waals surface area contributed by atoms with E-state index < -0.39 is 4.92 Å². The number of carbonyl (C=O) groups is 2. The number of nitrogens with one attached hydrogen (secondary N) is 2. The molecule has 0 saturated heterocycles. The molecule has 2 aliphatic rings. The van der Waals surface area contributed by atoms with Crippen LogP contribution in [0.4, 0.5) is 5.69 Å². The first-order valence-corrected chi connectivity index (χ1v) is 11.1. The molecule has 4 rings (SSSR count). The van der Waals surface area contributed by atoms with Crippen LogP contribution in [0.1, 0.15) is 25.2 Å². The first kappa shape index (κ1) is 23.7. The van der Waals surface area contributed by atoms with Crippen molar-refractivity contribution in [1.82, 2.24) is 20.8 Å². The fourth-order valence-corrected chi connectivity index (χ4v) is 3.58. The summed E-state index contributed by atoms with van der Waals surface area (Å²) in [6.45, 7) is 1.06. The van der Waals surface area contributed by atoms with Crippen LogP contribution >= 0.6 is 0 Å². The van der Waals surface area contributed by atoms with Gasteiger partial charge in [0.1, 0.15) is 0 Å². The van der Waals surface area contributed by atoms with Crippen molar-refractivity contribution < 1.29 is 19.0 Å². The molecule has 2 aromatic rings. The third kappa shape index (κ3) is 6.10. The smallest absolute Gasteiger partial charge is 0.276 e. The van der Waals surface area contributed by atoms with E-state index in [1.807, 2.05) is 18.2 Å². The highest BCUT2D eigenvalue weighted by Crippen LogP contribution is 2.27. The summed E-state index contributed by atoms with van der Waals surface area (Å²) in [6, 6.07) is 5.99. The van der Waals surface area contributed by atoms with E-state index in [4.69, 9.17) is 4.52 Å². The Bertz CT molecular complexity index is 1240. The van der Waals surface area contributed by atoms with E-state index in [1.54, 1.807) is 18.2 Å². The Morgan fingerprint density at radius 2 is 2.06 bits per heavy atom. The fourth-order valence-electron chi connectivity index (χ4n) is 3.58. The maximum atomic E-state index is 12.1. The third-order valence-electron chi connectivity index (χ3n) is 5.36. The molecule has 1 aromatic heterocycles. The van der Waals surface area contributed by atoms with Crippen LogP contribution in [-0.4, -0.2) is 40.0 Å². The molecule has 0 bridgehead atoms. The van der Waals surface area contributed by atoms with Gasteiger partial charge in [0.25, 0.3) is 11.6 Å². The second kappa shape index (κ2) is 11.1. The first-order chi connectivity index (χ1) is 17.0. The van der Waals surface area contributed by atoms with Gasteiger partial charge in [-0.05, 0) is 12.8 Å². The van der Waals surface area contributed by atoms with Crippen molar-refractivity contribution in [2.75, 3.05) is 13.1 Å². The highest BCUT2D eigenvalue weighted by molar-refractivity contribution is 5.86. The van der Waals surface area contributed by atoms with E-state index >= 15 is 0 Å². The van der Waals surface area contributed by atoms with Gasteiger partial charge in [-0.2, -0.15) is 4.98 Å². The fraction of sp³-hybridized carbons (Fsp3) is 0.304. The highest BCUT2D eigenvalue weighted by Gasteiger charge is 2.26. The van der Waals surface area contributed by atoms with Crippen LogP contribution in [0.5, 0.6) is 0 Å². The number of amides is 2. The number of carbonyl (C=O) groups excluding carboxylic acids is 2. The van der Waals surface area contributed by atoms with Crippen LogP contribution in [0, 0.1) is 16.0 Å². The van der Waals surface area contributed by atoms with E-state index in [-0.39, 0.29) is 29.2 Å². The standard InChI is InChI=1S/C23H23N7O5/c31-19(24-12-5-13-25-22-17-8-1-2-9-18(17)23(32)28-27-22)10-4-11-20-26-21(29-35-20)15-6-3-7-16(14-15)30(33)34/h1-3,6-9,14,18,25H,4-5,10-13H2,(H,24,31). The minimum Gasteiger partial charge on any atom is -0.368 e. The zero-order valence-electron chi connectivity index (χ0n) is 18.7. The molecule has 35 heavy (non-hydrogen) atoms. The lowest BCUT2D eigenvalue weighted by Crippen LogP contribution is -2.28. The monoisotopic (exact) mass is 477 g/mol. The summed E-state index contributed by atoms with van der Waals surface area (Å²) in [6.07, 6.45) is 9.22.